The zero-order valence-electron chi connectivity index (χ0n) is 25.5. The Bertz CT molecular complexity index is 1230. The first-order valence-electron chi connectivity index (χ1n) is 15.9. The molecule has 0 saturated carbocycles. The summed E-state index contributed by atoms with van der Waals surface area (Å²) in [4.78, 5) is 20.3. The van der Waals surface area contributed by atoms with Crippen molar-refractivity contribution in [3.8, 4) is 0 Å². The highest BCUT2D eigenvalue weighted by molar-refractivity contribution is 5.79. The Morgan fingerprint density at radius 3 is 2.02 bits per heavy atom. The number of alkyl halides is 6. The van der Waals surface area contributed by atoms with Crippen molar-refractivity contribution >= 4 is 5.91 Å². The van der Waals surface area contributed by atoms with Gasteiger partial charge in [-0.05, 0) is 114 Å². The van der Waals surface area contributed by atoms with Gasteiger partial charge in [0.1, 0.15) is 0 Å². The lowest BCUT2D eigenvalue weighted by molar-refractivity contribution is -0.143. The number of likely N-dealkylation sites (tertiary alicyclic amines) is 3. The number of carbonyl (C=O) groups excluding carboxylic acids is 1. The normalized spacial score (nSPS) is 23.2. The van der Waals surface area contributed by atoms with Crippen molar-refractivity contribution in [2.45, 2.75) is 88.5 Å². The van der Waals surface area contributed by atoms with E-state index in [1.165, 1.54) is 32.4 Å². The number of benzene rings is 2. The molecule has 3 saturated heterocycles. The van der Waals surface area contributed by atoms with Crippen molar-refractivity contribution < 1.29 is 31.1 Å². The predicted molar refractivity (Wildman–Crippen MR) is 158 cm³/mol. The fraction of sp³-hybridized carbons (Fsp3) is 0.618. The van der Waals surface area contributed by atoms with Crippen LogP contribution in [0.5, 0.6) is 0 Å². The molecule has 242 valence electrons. The number of piperidine rings is 3. The largest absolute Gasteiger partial charge is 0.416 e. The zero-order chi connectivity index (χ0) is 31.5. The van der Waals surface area contributed by atoms with E-state index >= 15 is 0 Å². The Morgan fingerprint density at radius 2 is 1.43 bits per heavy atom. The van der Waals surface area contributed by atoms with E-state index in [0.29, 0.717) is 37.7 Å². The molecule has 3 heterocycles. The van der Waals surface area contributed by atoms with Gasteiger partial charge >= 0.3 is 12.4 Å². The summed E-state index contributed by atoms with van der Waals surface area (Å²) >= 11 is 0. The number of carbonyl (C=O) groups is 1. The molecule has 0 spiro atoms. The van der Waals surface area contributed by atoms with Crippen molar-refractivity contribution in [1.82, 2.24) is 14.7 Å². The Labute approximate surface area is 256 Å². The summed E-state index contributed by atoms with van der Waals surface area (Å²) in [5.74, 6) is -0.448. The van der Waals surface area contributed by atoms with E-state index in [9.17, 15) is 31.1 Å². The lowest BCUT2D eigenvalue weighted by Gasteiger charge is -2.45. The van der Waals surface area contributed by atoms with Gasteiger partial charge < -0.3 is 14.7 Å². The van der Waals surface area contributed by atoms with Gasteiger partial charge in [0.25, 0.3) is 0 Å². The third kappa shape index (κ3) is 7.97. The van der Waals surface area contributed by atoms with Crippen LogP contribution in [-0.4, -0.2) is 72.5 Å². The van der Waals surface area contributed by atoms with E-state index in [0.717, 1.165) is 56.4 Å². The zero-order valence-corrected chi connectivity index (χ0v) is 25.5. The lowest BCUT2D eigenvalue weighted by Crippen LogP contribution is -2.51. The highest BCUT2D eigenvalue weighted by Crippen LogP contribution is 2.39. The SMILES string of the molecule is Cc1ccc(C2(CCN3CCC(N4CCCCC4)CC3)CCCN(C(=O)Cc3cc(C(F)(F)F)cc(C(F)(F)F)c3)C2)cc1. The van der Waals surface area contributed by atoms with Gasteiger partial charge in [0.05, 0.1) is 17.5 Å². The van der Waals surface area contributed by atoms with E-state index in [1.807, 2.05) is 6.92 Å². The molecular formula is C34H43F6N3O. The molecule has 1 atom stereocenters. The molecule has 3 aliphatic heterocycles. The number of halogens is 6. The summed E-state index contributed by atoms with van der Waals surface area (Å²) in [5, 5.41) is 0. The standard InChI is InChI=1S/C34H43F6N3O/c1-25-6-8-27(9-7-25)32(13-19-41-17-10-30(11-18-41)42-14-3-2-4-15-42)12-5-16-43(24-32)31(44)22-26-20-28(33(35,36)37)23-29(21-26)34(38,39)40/h6-9,20-21,23,30H,2-5,10-19,22,24H2,1H3. The molecule has 44 heavy (non-hydrogen) atoms. The highest BCUT2D eigenvalue weighted by Gasteiger charge is 2.40. The molecule has 3 fully saturated rings. The molecule has 10 heteroatoms. The summed E-state index contributed by atoms with van der Waals surface area (Å²) in [7, 11) is 0. The number of rotatable bonds is 7. The van der Waals surface area contributed by atoms with Crippen LogP contribution >= 0.6 is 0 Å². The van der Waals surface area contributed by atoms with E-state index in [1.54, 1.807) is 4.90 Å². The molecule has 0 radical (unpaired) electrons. The van der Waals surface area contributed by atoms with Gasteiger partial charge in [0.15, 0.2) is 0 Å². The second-order valence-electron chi connectivity index (χ2n) is 13.1. The van der Waals surface area contributed by atoms with Gasteiger partial charge in [-0.2, -0.15) is 26.3 Å². The first-order valence-corrected chi connectivity index (χ1v) is 15.9. The van der Waals surface area contributed by atoms with Crippen LogP contribution in [0.25, 0.3) is 0 Å². The van der Waals surface area contributed by atoms with Gasteiger partial charge in [-0.3, -0.25) is 4.79 Å². The highest BCUT2D eigenvalue weighted by atomic mass is 19.4. The molecule has 3 aliphatic rings. The third-order valence-corrected chi connectivity index (χ3v) is 9.97. The summed E-state index contributed by atoms with van der Waals surface area (Å²) in [6, 6.07) is 10.4. The fourth-order valence-electron chi connectivity index (χ4n) is 7.41. The maximum Gasteiger partial charge on any atom is 0.416 e. The topological polar surface area (TPSA) is 26.8 Å². The molecule has 0 bridgehead atoms. The lowest BCUT2D eigenvalue weighted by atomic mass is 9.71. The Balaban J connectivity index is 1.30. The maximum atomic E-state index is 13.5. The van der Waals surface area contributed by atoms with Crippen LogP contribution in [0.1, 0.15) is 79.2 Å². The van der Waals surface area contributed by atoms with Crippen LogP contribution in [-0.2, 0) is 29.0 Å². The van der Waals surface area contributed by atoms with Crippen molar-refractivity contribution in [1.29, 1.82) is 0 Å². The molecule has 0 N–H and O–H groups in total. The second kappa shape index (κ2) is 13.4. The van der Waals surface area contributed by atoms with Gasteiger partial charge in [-0.15, -0.1) is 0 Å². The molecule has 4 nitrogen and oxygen atoms in total. The number of hydrogen-bond acceptors (Lipinski definition) is 3. The van der Waals surface area contributed by atoms with Gasteiger partial charge in [0.2, 0.25) is 5.91 Å². The number of amides is 1. The van der Waals surface area contributed by atoms with E-state index in [4.69, 9.17) is 0 Å². The fourth-order valence-corrected chi connectivity index (χ4v) is 7.41. The molecule has 0 aliphatic carbocycles. The van der Waals surface area contributed by atoms with Crippen molar-refractivity contribution in [3.05, 3.63) is 70.3 Å². The Kier molecular flexibility index (Phi) is 10.00. The van der Waals surface area contributed by atoms with Gasteiger partial charge in [-0.1, -0.05) is 36.2 Å². The van der Waals surface area contributed by atoms with Crippen LogP contribution < -0.4 is 0 Å². The third-order valence-electron chi connectivity index (χ3n) is 9.97. The average Bonchev–Trinajstić information content (AvgIpc) is 3.00. The van der Waals surface area contributed by atoms with Gasteiger partial charge in [-0.25, -0.2) is 0 Å². The van der Waals surface area contributed by atoms with E-state index in [-0.39, 0.29) is 17.0 Å². The first-order chi connectivity index (χ1) is 20.8. The quantitative estimate of drug-likeness (QED) is 0.300. The summed E-state index contributed by atoms with van der Waals surface area (Å²) in [6.07, 6.45) is -1.81. The average molecular weight is 624 g/mol. The monoisotopic (exact) mass is 623 g/mol. The molecule has 5 rings (SSSR count). The first kappa shape index (κ1) is 32.8. The van der Waals surface area contributed by atoms with Crippen LogP contribution in [0.15, 0.2) is 42.5 Å². The Hall–Kier alpha value is -2.59. The maximum absolute atomic E-state index is 13.5. The molecule has 1 unspecified atom stereocenters. The number of nitrogens with zero attached hydrogens (tertiary/aromatic N) is 3. The van der Waals surface area contributed by atoms with Crippen LogP contribution in [0, 0.1) is 6.92 Å². The van der Waals surface area contributed by atoms with Crippen molar-refractivity contribution in [3.63, 3.8) is 0 Å². The summed E-state index contributed by atoms with van der Waals surface area (Å²) < 4.78 is 80.6. The van der Waals surface area contributed by atoms with Gasteiger partial charge in [0, 0.05) is 24.5 Å². The molecular weight excluding hydrogens is 580 g/mol. The summed E-state index contributed by atoms with van der Waals surface area (Å²) in [5.41, 5.74) is -1.16. The second-order valence-corrected chi connectivity index (χ2v) is 13.1. The minimum atomic E-state index is -4.95. The number of aryl methyl sites for hydroxylation is 1. The number of hydrogen-bond donors (Lipinski definition) is 0. The molecule has 1 amide bonds. The van der Waals surface area contributed by atoms with E-state index in [2.05, 4.69) is 34.1 Å². The minimum absolute atomic E-state index is 0.104. The van der Waals surface area contributed by atoms with E-state index < -0.39 is 35.8 Å². The minimum Gasteiger partial charge on any atom is -0.342 e. The molecule has 2 aromatic rings. The molecule has 0 aromatic heterocycles. The van der Waals surface area contributed by atoms with Crippen LogP contribution in [0.2, 0.25) is 0 Å². The predicted octanol–water partition coefficient (Wildman–Crippen LogP) is 7.48. The van der Waals surface area contributed by atoms with Crippen molar-refractivity contribution in [2.24, 2.45) is 0 Å². The smallest absolute Gasteiger partial charge is 0.342 e. The van der Waals surface area contributed by atoms with Crippen LogP contribution in [0.3, 0.4) is 0 Å². The summed E-state index contributed by atoms with van der Waals surface area (Å²) in [6.45, 7) is 8.18. The Morgan fingerprint density at radius 1 is 0.818 bits per heavy atom. The molecule has 2 aromatic carbocycles. The van der Waals surface area contributed by atoms with Crippen LogP contribution in [0.4, 0.5) is 26.3 Å². The van der Waals surface area contributed by atoms with Crippen molar-refractivity contribution in [2.75, 3.05) is 45.8 Å².